The highest BCUT2D eigenvalue weighted by Gasteiger charge is 2.32. The molecule has 6 nitrogen and oxygen atoms in total. The van der Waals surface area contributed by atoms with Crippen LogP contribution in [-0.4, -0.2) is 44.9 Å². The first-order chi connectivity index (χ1) is 13.1. The quantitative estimate of drug-likeness (QED) is 0.828. The smallest absolute Gasteiger partial charge is 0.262 e. The second-order valence-electron chi connectivity index (χ2n) is 6.92. The van der Waals surface area contributed by atoms with E-state index < -0.39 is 10.0 Å². The van der Waals surface area contributed by atoms with Crippen LogP contribution < -0.4 is 10.1 Å². The molecule has 144 valence electrons. The molecule has 0 saturated carbocycles. The van der Waals surface area contributed by atoms with Crippen LogP contribution in [0.2, 0.25) is 0 Å². The van der Waals surface area contributed by atoms with Crippen molar-refractivity contribution >= 4 is 27.3 Å². The molecule has 0 aliphatic carbocycles. The van der Waals surface area contributed by atoms with Crippen LogP contribution in [0.3, 0.4) is 0 Å². The molecule has 27 heavy (non-hydrogen) atoms. The maximum Gasteiger partial charge on any atom is 0.262 e. The Kier molecular flexibility index (Phi) is 5.21. The third-order valence-corrected chi connectivity index (χ3v) is 8.01. The first-order valence-corrected chi connectivity index (χ1v) is 11.4. The number of thiophene rings is 1. The van der Waals surface area contributed by atoms with E-state index >= 15 is 0 Å². The first kappa shape index (κ1) is 18.5. The fraction of sp³-hybridized carbons (Fsp3) is 0.421. The molecule has 4 rings (SSSR count). The molecule has 1 saturated heterocycles. The summed E-state index contributed by atoms with van der Waals surface area (Å²) < 4.78 is 32.8. The molecule has 2 aliphatic heterocycles. The third kappa shape index (κ3) is 3.74. The highest BCUT2D eigenvalue weighted by atomic mass is 32.2. The van der Waals surface area contributed by atoms with Gasteiger partial charge in [-0.05, 0) is 42.3 Å². The second-order valence-corrected chi connectivity index (χ2v) is 9.75. The summed E-state index contributed by atoms with van der Waals surface area (Å²) in [5.74, 6) is 0.737. The summed E-state index contributed by atoms with van der Waals surface area (Å²) in [4.78, 5) is 13.0. The third-order valence-electron chi connectivity index (χ3n) is 5.03. The normalized spacial score (nSPS) is 20.1. The molecule has 1 aromatic heterocycles. The highest BCUT2D eigenvalue weighted by molar-refractivity contribution is 7.89. The van der Waals surface area contributed by atoms with Crippen LogP contribution >= 0.6 is 11.3 Å². The zero-order chi connectivity index (χ0) is 18.9. The van der Waals surface area contributed by atoms with Gasteiger partial charge in [0.1, 0.15) is 15.5 Å². The Labute approximate surface area is 163 Å². The van der Waals surface area contributed by atoms with Crippen LogP contribution in [0.5, 0.6) is 5.75 Å². The predicted molar refractivity (Wildman–Crippen MR) is 104 cm³/mol. The maximum absolute atomic E-state index is 12.8. The molecule has 1 aromatic carbocycles. The lowest BCUT2D eigenvalue weighted by molar-refractivity contribution is 0.0940. The molecule has 1 N–H and O–H groups in total. The van der Waals surface area contributed by atoms with Gasteiger partial charge in [0.05, 0.1) is 6.61 Å². The Hall–Kier alpha value is -1.90. The van der Waals surface area contributed by atoms with Crippen molar-refractivity contribution in [2.45, 2.75) is 24.2 Å². The second kappa shape index (κ2) is 7.61. The highest BCUT2D eigenvalue weighted by Crippen LogP contribution is 2.29. The van der Waals surface area contributed by atoms with Gasteiger partial charge in [-0.1, -0.05) is 18.2 Å². The molecular weight excluding hydrogens is 384 g/mol. The Balaban J connectivity index is 1.42. The summed E-state index contributed by atoms with van der Waals surface area (Å²) >= 11 is 1.17. The molecule has 2 aromatic rings. The van der Waals surface area contributed by atoms with Crippen molar-refractivity contribution in [3.8, 4) is 5.75 Å². The van der Waals surface area contributed by atoms with Gasteiger partial charge < -0.3 is 10.1 Å². The van der Waals surface area contributed by atoms with Crippen LogP contribution in [-0.2, 0) is 16.4 Å². The number of carbonyl (C=O) groups is 1. The lowest BCUT2D eigenvalue weighted by Gasteiger charge is -2.25. The molecule has 1 unspecified atom stereocenters. The Morgan fingerprint density at radius 2 is 2.00 bits per heavy atom. The van der Waals surface area contributed by atoms with Gasteiger partial charge in [-0.25, -0.2) is 8.42 Å². The fourth-order valence-electron chi connectivity index (χ4n) is 3.57. The van der Waals surface area contributed by atoms with Crippen LogP contribution in [0.1, 0.15) is 28.1 Å². The number of benzene rings is 1. The number of ether oxygens (including phenoxy) is 1. The number of amides is 1. The number of nitrogens with one attached hydrogen (secondary N) is 1. The average Bonchev–Trinajstić information content (AvgIpc) is 3.38. The number of carbonyl (C=O) groups excluding carboxylic acids is 1. The van der Waals surface area contributed by atoms with Crippen LogP contribution in [0.4, 0.5) is 0 Å². The van der Waals surface area contributed by atoms with Gasteiger partial charge in [0.15, 0.2) is 0 Å². The van der Waals surface area contributed by atoms with Crippen LogP contribution in [0.25, 0.3) is 0 Å². The van der Waals surface area contributed by atoms with E-state index in [0.717, 1.165) is 30.6 Å². The van der Waals surface area contributed by atoms with Gasteiger partial charge in [0, 0.05) is 25.6 Å². The van der Waals surface area contributed by atoms with Crippen molar-refractivity contribution in [2.75, 3.05) is 26.2 Å². The van der Waals surface area contributed by atoms with E-state index in [1.807, 2.05) is 24.3 Å². The lowest BCUT2D eigenvalue weighted by atomic mass is 9.97. The first-order valence-electron chi connectivity index (χ1n) is 9.12. The van der Waals surface area contributed by atoms with Crippen molar-refractivity contribution in [3.05, 3.63) is 46.2 Å². The van der Waals surface area contributed by atoms with E-state index in [4.69, 9.17) is 4.74 Å². The minimum atomic E-state index is -3.60. The van der Waals surface area contributed by atoms with E-state index in [9.17, 15) is 13.2 Å². The fourth-order valence-corrected chi connectivity index (χ4v) is 6.41. The predicted octanol–water partition coefficient (Wildman–Crippen LogP) is 2.51. The summed E-state index contributed by atoms with van der Waals surface area (Å²) in [7, 11) is -3.60. The zero-order valence-corrected chi connectivity index (χ0v) is 16.5. The molecule has 8 heteroatoms. The largest absolute Gasteiger partial charge is 0.493 e. The SMILES string of the molecule is O=C(NCC1COc2ccccc2C1)c1sccc1S(=O)(=O)N1CCCC1. The summed E-state index contributed by atoms with van der Waals surface area (Å²) in [5.41, 5.74) is 1.14. The monoisotopic (exact) mass is 406 g/mol. The van der Waals surface area contributed by atoms with E-state index in [1.54, 1.807) is 5.38 Å². The number of fused-ring (bicyclic) bond motifs is 1. The Bertz CT molecular complexity index is 933. The maximum atomic E-state index is 12.8. The van der Waals surface area contributed by atoms with Gasteiger partial charge >= 0.3 is 0 Å². The molecule has 1 fully saturated rings. The number of para-hydroxylation sites is 1. The summed E-state index contributed by atoms with van der Waals surface area (Å²) in [5, 5.41) is 4.56. The number of rotatable bonds is 5. The van der Waals surface area contributed by atoms with E-state index in [-0.39, 0.29) is 21.6 Å². The molecule has 2 aliphatic rings. The molecule has 3 heterocycles. The standard InChI is InChI=1S/C19H22N2O4S2/c22-19(20-12-14-11-15-5-1-2-6-16(15)25-13-14)18-17(7-10-26-18)27(23,24)21-8-3-4-9-21/h1-2,5-7,10,14H,3-4,8-9,11-13H2,(H,20,22). The van der Waals surface area contributed by atoms with Gasteiger partial charge in [-0.3, -0.25) is 4.79 Å². The van der Waals surface area contributed by atoms with Crippen molar-refractivity contribution in [1.29, 1.82) is 0 Å². The van der Waals surface area contributed by atoms with Crippen molar-refractivity contribution in [1.82, 2.24) is 9.62 Å². The zero-order valence-electron chi connectivity index (χ0n) is 14.9. The van der Waals surface area contributed by atoms with Gasteiger partial charge in [-0.15, -0.1) is 11.3 Å². The minimum absolute atomic E-state index is 0.122. The molecule has 1 amide bonds. The van der Waals surface area contributed by atoms with Crippen LogP contribution in [0.15, 0.2) is 40.6 Å². The summed E-state index contributed by atoms with van der Waals surface area (Å²) in [6, 6.07) is 9.44. The molecule has 1 atom stereocenters. The summed E-state index contributed by atoms with van der Waals surface area (Å²) in [6.45, 7) is 2.05. The summed E-state index contributed by atoms with van der Waals surface area (Å²) in [6.07, 6.45) is 2.57. The average molecular weight is 407 g/mol. The van der Waals surface area contributed by atoms with Gasteiger partial charge in [-0.2, -0.15) is 4.31 Å². The number of hydrogen-bond acceptors (Lipinski definition) is 5. The van der Waals surface area contributed by atoms with Crippen molar-refractivity contribution in [3.63, 3.8) is 0 Å². The van der Waals surface area contributed by atoms with Crippen molar-refractivity contribution in [2.24, 2.45) is 5.92 Å². The van der Waals surface area contributed by atoms with Crippen LogP contribution in [0, 0.1) is 5.92 Å². The lowest BCUT2D eigenvalue weighted by Crippen LogP contribution is -2.35. The number of sulfonamides is 1. The van der Waals surface area contributed by atoms with Crippen molar-refractivity contribution < 1.29 is 17.9 Å². The van der Waals surface area contributed by atoms with Gasteiger partial charge in [0.25, 0.3) is 5.91 Å². The van der Waals surface area contributed by atoms with E-state index in [0.29, 0.717) is 26.2 Å². The molecular formula is C19H22N2O4S2. The molecule has 0 radical (unpaired) electrons. The van der Waals surface area contributed by atoms with E-state index in [2.05, 4.69) is 5.32 Å². The van der Waals surface area contributed by atoms with E-state index in [1.165, 1.54) is 21.7 Å². The Morgan fingerprint density at radius 1 is 1.22 bits per heavy atom. The number of nitrogens with zero attached hydrogens (tertiary/aromatic N) is 1. The minimum Gasteiger partial charge on any atom is -0.493 e. The molecule has 0 spiro atoms. The number of hydrogen-bond donors (Lipinski definition) is 1. The topological polar surface area (TPSA) is 75.7 Å². The van der Waals surface area contributed by atoms with Gasteiger partial charge in [0.2, 0.25) is 10.0 Å². The molecule has 0 bridgehead atoms. The Morgan fingerprint density at radius 3 is 2.81 bits per heavy atom.